The Hall–Kier alpha value is -3.17. The summed E-state index contributed by atoms with van der Waals surface area (Å²) in [4.78, 5) is 53.4. The van der Waals surface area contributed by atoms with Crippen LogP contribution in [0.4, 0.5) is 10.1 Å². The van der Waals surface area contributed by atoms with Gasteiger partial charge in [0.2, 0.25) is 0 Å². The molecule has 10 heteroatoms. The third kappa shape index (κ3) is 6.82. The summed E-state index contributed by atoms with van der Waals surface area (Å²) in [5.74, 6) is -3.61. The predicted octanol–water partition coefficient (Wildman–Crippen LogP) is 6.13. The first-order chi connectivity index (χ1) is 18.2. The van der Waals surface area contributed by atoms with Crippen molar-refractivity contribution in [2.24, 2.45) is 0 Å². The molecule has 2 aromatic rings. The number of carbonyl (C=O) groups is 4. The van der Waals surface area contributed by atoms with Gasteiger partial charge in [0.15, 0.2) is 0 Å². The Labute approximate surface area is 230 Å². The minimum Gasteiger partial charge on any atom is -0.468 e. The van der Waals surface area contributed by atoms with Crippen LogP contribution in [0.2, 0.25) is 5.02 Å². The number of halogens is 2. The van der Waals surface area contributed by atoms with Crippen LogP contribution in [0.5, 0.6) is 0 Å². The van der Waals surface area contributed by atoms with Gasteiger partial charge in [0, 0.05) is 21.6 Å². The van der Waals surface area contributed by atoms with Crippen LogP contribution in [-0.4, -0.2) is 42.7 Å². The molecule has 1 atom stereocenters. The van der Waals surface area contributed by atoms with Crippen molar-refractivity contribution in [1.29, 1.82) is 0 Å². The Balaban J connectivity index is 2.15. The van der Waals surface area contributed by atoms with Crippen LogP contribution < -0.4 is 4.90 Å². The molecular weight excluding hydrogens is 533 g/mol. The van der Waals surface area contributed by atoms with Crippen molar-refractivity contribution in [3.63, 3.8) is 0 Å². The molecule has 0 heterocycles. The van der Waals surface area contributed by atoms with E-state index in [1.807, 2.05) is 6.92 Å². The average molecular weight is 562 g/mol. The second kappa shape index (κ2) is 13.6. The van der Waals surface area contributed by atoms with E-state index in [1.165, 1.54) is 25.3 Å². The lowest BCUT2D eigenvalue weighted by Crippen LogP contribution is -2.40. The van der Waals surface area contributed by atoms with E-state index >= 15 is 4.39 Å². The molecule has 0 radical (unpaired) electrons. The molecule has 0 fully saturated rings. The minimum atomic E-state index is -0.908. The monoisotopic (exact) mass is 561 g/mol. The van der Waals surface area contributed by atoms with Crippen LogP contribution in [0.25, 0.3) is 0 Å². The van der Waals surface area contributed by atoms with Crippen LogP contribution in [0, 0.1) is 5.82 Å². The first-order valence-corrected chi connectivity index (χ1v) is 13.5. The molecule has 2 aromatic carbocycles. The maximum atomic E-state index is 15.4. The molecule has 1 aliphatic rings. The second-order valence-corrected chi connectivity index (χ2v) is 10.4. The fraction of sp³-hybridized carbons (Fsp3) is 0.357. The molecule has 0 aromatic heterocycles. The van der Waals surface area contributed by atoms with Crippen LogP contribution in [-0.2, 0) is 23.9 Å². The van der Waals surface area contributed by atoms with Crippen molar-refractivity contribution in [2.75, 3.05) is 18.6 Å². The largest absolute Gasteiger partial charge is 0.468 e. The van der Waals surface area contributed by atoms with Gasteiger partial charge in [-0.2, -0.15) is 0 Å². The Bertz CT molecular complexity index is 1250. The van der Waals surface area contributed by atoms with Gasteiger partial charge < -0.3 is 9.47 Å². The number of hydrogen-bond donors (Lipinski definition) is 0. The van der Waals surface area contributed by atoms with Crippen molar-refractivity contribution in [3.8, 4) is 0 Å². The summed E-state index contributed by atoms with van der Waals surface area (Å²) >= 11 is 7.27. The van der Waals surface area contributed by atoms with Crippen molar-refractivity contribution in [2.45, 2.75) is 56.1 Å². The van der Waals surface area contributed by atoms with E-state index in [4.69, 9.17) is 21.1 Å². The fourth-order valence-electron chi connectivity index (χ4n) is 3.99. The maximum absolute atomic E-state index is 15.4. The molecule has 0 aliphatic heterocycles. The highest BCUT2D eigenvalue weighted by Crippen LogP contribution is 2.38. The van der Waals surface area contributed by atoms with Gasteiger partial charge in [-0.05, 0) is 63.3 Å². The lowest BCUT2D eigenvalue weighted by molar-refractivity contribution is -0.140. The van der Waals surface area contributed by atoms with E-state index in [-0.39, 0.29) is 45.3 Å². The van der Waals surface area contributed by atoms with Crippen molar-refractivity contribution in [3.05, 3.63) is 70.0 Å². The van der Waals surface area contributed by atoms with Gasteiger partial charge in [0.05, 0.1) is 24.4 Å². The number of methoxy groups -OCH3 is 1. The third-order valence-electron chi connectivity index (χ3n) is 5.92. The van der Waals surface area contributed by atoms with E-state index in [0.29, 0.717) is 25.7 Å². The Morgan fingerprint density at radius 2 is 1.71 bits per heavy atom. The molecule has 1 aliphatic carbocycles. The molecular formula is C28H29ClFNO6S. The minimum absolute atomic E-state index is 0.00674. The molecule has 0 N–H and O–H groups in total. The van der Waals surface area contributed by atoms with Gasteiger partial charge in [-0.3, -0.25) is 14.4 Å². The van der Waals surface area contributed by atoms with Gasteiger partial charge in [0.1, 0.15) is 11.1 Å². The van der Waals surface area contributed by atoms with E-state index < -0.39 is 34.8 Å². The lowest BCUT2D eigenvalue weighted by Gasteiger charge is -2.27. The van der Waals surface area contributed by atoms with Crippen LogP contribution >= 0.6 is 23.4 Å². The number of nitrogens with zero attached hydrogens (tertiary/aromatic N) is 1. The fourth-order valence-corrected chi connectivity index (χ4v) is 5.20. The van der Waals surface area contributed by atoms with Gasteiger partial charge in [-0.1, -0.05) is 36.7 Å². The number of amides is 2. The highest BCUT2D eigenvalue weighted by molar-refractivity contribution is 8.00. The number of esters is 2. The Kier molecular flexibility index (Phi) is 10.5. The summed E-state index contributed by atoms with van der Waals surface area (Å²) in [5.41, 5.74) is 0.128. The number of anilines is 1. The van der Waals surface area contributed by atoms with Gasteiger partial charge in [0.25, 0.3) is 11.8 Å². The highest BCUT2D eigenvalue weighted by atomic mass is 35.5. The number of imide groups is 1. The molecule has 2 amide bonds. The van der Waals surface area contributed by atoms with Crippen molar-refractivity contribution in [1.82, 2.24) is 0 Å². The summed E-state index contributed by atoms with van der Waals surface area (Å²) < 4.78 is 25.5. The van der Waals surface area contributed by atoms with Crippen LogP contribution in [0.3, 0.4) is 0 Å². The topological polar surface area (TPSA) is 90.0 Å². The molecule has 0 bridgehead atoms. The van der Waals surface area contributed by atoms with E-state index in [0.717, 1.165) is 22.7 Å². The maximum Gasteiger partial charge on any atom is 0.334 e. The summed E-state index contributed by atoms with van der Waals surface area (Å²) in [6, 6.07) is 10.2. The van der Waals surface area contributed by atoms with Gasteiger partial charge >= 0.3 is 11.9 Å². The first-order valence-electron chi connectivity index (χ1n) is 12.3. The summed E-state index contributed by atoms with van der Waals surface area (Å²) in [5, 5.41) is -0.682. The molecule has 3 rings (SSSR count). The molecule has 202 valence electrons. The lowest BCUT2D eigenvalue weighted by atomic mass is 9.90. The molecule has 7 nitrogen and oxygen atoms in total. The quantitative estimate of drug-likeness (QED) is 0.207. The number of hydrogen-bond acceptors (Lipinski definition) is 7. The summed E-state index contributed by atoms with van der Waals surface area (Å²) in [7, 11) is 1.25. The first kappa shape index (κ1) is 29.4. The molecule has 0 saturated heterocycles. The number of ether oxygens (including phenoxy) is 2. The number of carbonyl (C=O) groups excluding carboxylic acids is 4. The zero-order chi connectivity index (χ0) is 27.8. The van der Waals surface area contributed by atoms with Gasteiger partial charge in [-0.25, -0.2) is 14.1 Å². The number of rotatable bonds is 9. The highest BCUT2D eigenvalue weighted by Gasteiger charge is 2.34. The molecule has 38 heavy (non-hydrogen) atoms. The normalized spacial score (nSPS) is 14.0. The third-order valence-corrected chi connectivity index (χ3v) is 7.48. The molecule has 0 spiro atoms. The van der Waals surface area contributed by atoms with Crippen LogP contribution in [0.1, 0.15) is 56.3 Å². The van der Waals surface area contributed by atoms with Crippen molar-refractivity contribution >= 4 is 52.8 Å². The SMILES string of the molecule is CCCOC(=O)C1=C(C(=O)N(C(=O)c2ccccc2)c2cc(SC(C)C(=O)OC)c(Cl)cc2F)CCCC1. The Morgan fingerprint density at radius 3 is 2.34 bits per heavy atom. The van der Waals surface area contributed by atoms with Crippen LogP contribution in [0.15, 0.2) is 58.5 Å². The molecule has 1 unspecified atom stereocenters. The summed E-state index contributed by atoms with van der Waals surface area (Å²) in [6.07, 6.45) is 2.48. The standard InChI is InChI=1S/C28H29ClFNO6S/c1-4-14-37-28(35)20-13-9-8-12-19(20)26(33)31(25(32)18-10-6-5-7-11-18)23-16-24(21(29)15-22(23)30)38-17(2)27(34)36-3/h5-7,10-11,15-17H,4,8-9,12-14H2,1-3H3. The molecule has 0 saturated carbocycles. The van der Waals surface area contributed by atoms with E-state index in [9.17, 15) is 19.2 Å². The Morgan fingerprint density at radius 1 is 1.05 bits per heavy atom. The number of benzene rings is 2. The zero-order valence-electron chi connectivity index (χ0n) is 21.4. The number of thioether (sulfide) groups is 1. The van der Waals surface area contributed by atoms with E-state index in [1.54, 1.807) is 25.1 Å². The zero-order valence-corrected chi connectivity index (χ0v) is 23.0. The van der Waals surface area contributed by atoms with E-state index in [2.05, 4.69) is 0 Å². The smallest absolute Gasteiger partial charge is 0.334 e. The van der Waals surface area contributed by atoms with Gasteiger partial charge in [-0.15, -0.1) is 11.8 Å². The second-order valence-electron chi connectivity index (χ2n) is 8.63. The average Bonchev–Trinajstić information content (AvgIpc) is 2.93. The van der Waals surface area contributed by atoms with Crippen molar-refractivity contribution < 1.29 is 33.0 Å². The summed E-state index contributed by atoms with van der Waals surface area (Å²) in [6.45, 7) is 3.64. The predicted molar refractivity (Wildman–Crippen MR) is 144 cm³/mol.